The Morgan fingerprint density at radius 1 is 0.579 bits per heavy atom. The summed E-state index contributed by atoms with van der Waals surface area (Å²) in [5, 5.41) is 52.3. The first-order valence-electron chi connectivity index (χ1n) is 6.48. The molecule has 0 aromatic rings. The van der Waals surface area contributed by atoms with E-state index in [0.717, 1.165) is 0 Å². The SMILES string of the molecule is CC(C)(O)C(O)C(C(C)(C)O)(C(C)(C)O)C(C)(C)O. The Bertz CT molecular complexity index is 273. The van der Waals surface area contributed by atoms with Gasteiger partial charge in [-0.25, -0.2) is 0 Å². The van der Waals surface area contributed by atoms with Gasteiger partial charge in [0.1, 0.15) is 0 Å². The van der Waals surface area contributed by atoms with Crippen molar-refractivity contribution in [3.8, 4) is 0 Å². The third-order valence-electron chi connectivity index (χ3n) is 3.97. The van der Waals surface area contributed by atoms with E-state index in [1.54, 1.807) is 0 Å². The fourth-order valence-electron chi connectivity index (χ4n) is 3.78. The predicted octanol–water partition coefficient (Wildman–Crippen LogP) is 0.417. The monoisotopic (exact) mass is 278 g/mol. The predicted molar refractivity (Wildman–Crippen MR) is 73.6 cm³/mol. The molecule has 0 fully saturated rings. The van der Waals surface area contributed by atoms with Gasteiger partial charge >= 0.3 is 0 Å². The van der Waals surface area contributed by atoms with Crippen LogP contribution in [-0.4, -0.2) is 54.0 Å². The van der Waals surface area contributed by atoms with Crippen molar-refractivity contribution in [2.75, 3.05) is 0 Å². The van der Waals surface area contributed by atoms with E-state index in [-0.39, 0.29) is 0 Å². The molecule has 0 aromatic heterocycles. The van der Waals surface area contributed by atoms with Crippen molar-refractivity contribution in [2.45, 2.75) is 83.9 Å². The van der Waals surface area contributed by atoms with Crippen molar-refractivity contribution < 1.29 is 25.5 Å². The van der Waals surface area contributed by atoms with Crippen LogP contribution in [0.15, 0.2) is 0 Å². The number of aliphatic hydroxyl groups is 5. The molecule has 0 aliphatic rings. The third-order valence-corrected chi connectivity index (χ3v) is 3.97. The molecule has 1 atom stereocenters. The Morgan fingerprint density at radius 2 is 0.789 bits per heavy atom. The van der Waals surface area contributed by atoms with Crippen LogP contribution in [-0.2, 0) is 0 Å². The highest BCUT2D eigenvalue weighted by Crippen LogP contribution is 2.54. The van der Waals surface area contributed by atoms with Gasteiger partial charge in [0.2, 0.25) is 0 Å². The lowest BCUT2D eigenvalue weighted by molar-refractivity contribution is -0.310. The van der Waals surface area contributed by atoms with Crippen LogP contribution in [0.1, 0.15) is 55.4 Å². The Labute approximate surface area is 115 Å². The number of hydrogen-bond donors (Lipinski definition) is 5. The minimum atomic E-state index is -1.77. The molecular weight excluding hydrogens is 248 g/mol. The van der Waals surface area contributed by atoms with Gasteiger partial charge < -0.3 is 25.5 Å². The lowest BCUT2D eigenvalue weighted by Gasteiger charge is -2.61. The van der Waals surface area contributed by atoms with Gasteiger partial charge in [-0.3, -0.25) is 0 Å². The van der Waals surface area contributed by atoms with Crippen LogP contribution in [0.3, 0.4) is 0 Å². The van der Waals surface area contributed by atoms with Gasteiger partial charge in [0.25, 0.3) is 0 Å². The van der Waals surface area contributed by atoms with Gasteiger partial charge in [-0.1, -0.05) is 0 Å². The highest BCUT2D eigenvalue weighted by Gasteiger charge is 2.68. The summed E-state index contributed by atoms with van der Waals surface area (Å²) in [6.45, 7) is 11.1. The van der Waals surface area contributed by atoms with Crippen molar-refractivity contribution in [3.05, 3.63) is 0 Å². The Balaban J connectivity index is 6.45. The van der Waals surface area contributed by atoms with Crippen molar-refractivity contribution in [2.24, 2.45) is 5.41 Å². The maximum absolute atomic E-state index is 10.6. The summed E-state index contributed by atoms with van der Waals surface area (Å²) >= 11 is 0. The van der Waals surface area contributed by atoms with Crippen molar-refractivity contribution in [3.63, 3.8) is 0 Å². The van der Waals surface area contributed by atoms with E-state index in [1.165, 1.54) is 55.4 Å². The second-order valence-electron chi connectivity index (χ2n) is 7.54. The van der Waals surface area contributed by atoms with E-state index in [4.69, 9.17) is 0 Å². The molecule has 0 amide bonds. The second kappa shape index (κ2) is 4.67. The zero-order valence-electron chi connectivity index (χ0n) is 13.3. The van der Waals surface area contributed by atoms with Gasteiger partial charge in [0, 0.05) is 0 Å². The van der Waals surface area contributed by atoms with E-state index in [2.05, 4.69) is 0 Å². The van der Waals surface area contributed by atoms with Crippen molar-refractivity contribution >= 4 is 0 Å². The minimum Gasteiger partial charge on any atom is -0.390 e. The van der Waals surface area contributed by atoms with E-state index < -0.39 is 33.9 Å². The summed E-state index contributed by atoms with van der Waals surface area (Å²) in [5.74, 6) is 0. The molecule has 0 spiro atoms. The van der Waals surface area contributed by atoms with E-state index in [0.29, 0.717) is 0 Å². The molecule has 5 nitrogen and oxygen atoms in total. The lowest BCUT2D eigenvalue weighted by Crippen LogP contribution is -2.75. The average molecular weight is 278 g/mol. The van der Waals surface area contributed by atoms with Crippen LogP contribution in [0, 0.1) is 5.41 Å². The van der Waals surface area contributed by atoms with E-state index >= 15 is 0 Å². The summed E-state index contributed by atoms with van der Waals surface area (Å²) in [6.07, 6.45) is -1.56. The fourth-order valence-corrected chi connectivity index (χ4v) is 3.78. The third kappa shape index (κ3) is 2.95. The zero-order valence-corrected chi connectivity index (χ0v) is 13.3. The van der Waals surface area contributed by atoms with Crippen LogP contribution in [0.2, 0.25) is 0 Å². The molecule has 0 saturated carbocycles. The quantitative estimate of drug-likeness (QED) is 0.502. The number of rotatable bonds is 5. The van der Waals surface area contributed by atoms with Crippen LogP contribution in [0.25, 0.3) is 0 Å². The molecule has 0 heterocycles. The van der Waals surface area contributed by atoms with Gasteiger partial charge in [-0.15, -0.1) is 0 Å². The molecule has 0 rings (SSSR count). The van der Waals surface area contributed by atoms with Crippen LogP contribution in [0.4, 0.5) is 0 Å². The Morgan fingerprint density at radius 3 is 0.842 bits per heavy atom. The van der Waals surface area contributed by atoms with Crippen LogP contribution in [0.5, 0.6) is 0 Å². The van der Waals surface area contributed by atoms with Gasteiger partial charge in [0.05, 0.1) is 33.9 Å². The minimum absolute atomic E-state index is 1.37. The highest BCUT2D eigenvalue weighted by atomic mass is 16.4. The Hall–Kier alpha value is -0.200. The summed E-state index contributed by atoms with van der Waals surface area (Å²) < 4.78 is 0. The maximum atomic E-state index is 10.6. The largest absolute Gasteiger partial charge is 0.390 e. The van der Waals surface area contributed by atoms with Crippen molar-refractivity contribution in [1.82, 2.24) is 0 Å². The summed E-state index contributed by atoms with van der Waals surface area (Å²) in [4.78, 5) is 0. The van der Waals surface area contributed by atoms with Gasteiger partial charge in [0.15, 0.2) is 0 Å². The van der Waals surface area contributed by atoms with Crippen molar-refractivity contribution in [1.29, 1.82) is 0 Å². The molecule has 0 aromatic carbocycles. The fraction of sp³-hybridized carbons (Fsp3) is 1.00. The second-order valence-corrected chi connectivity index (χ2v) is 7.54. The molecule has 0 radical (unpaired) electrons. The highest BCUT2D eigenvalue weighted by molar-refractivity contribution is 5.17. The molecule has 5 heteroatoms. The normalized spacial score (nSPS) is 17.5. The first kappa shape index (κ1) is 18.8. The summed E-state index contributed by atoms with van der Waals surface area (Å²) in [6, 6.07) is 0. The molecule has 0 bridgehead atoms. The number of aliphatic hydroxyl groups excluding tert-OH is 1. The van der Waals surface area contributed by atoms with Gasteiger partial charge in [-0.05, 0) is 55.4 Å². The average Bonchev–Trinajstić information content (AvgIpc) is 1.92. The smallest absolute Gasteiger partial charge is 0.0960 e. The zero-order chi connectivity index (χ0) is 16.1. The molecular formula is C14H30O5. The lowest BCUT2D eigenvalue weighted by atomic mass is 9.50. The molecule has 0 aliphatic heterocycles. The van der Waals surface area contributed by atoms with E-state index in [9.17, 15) is 25.5 Å². The topological polar surface area (TPSA) is 101 Å². The molecule has 116 valence electrons. The maximum Gasteiger partial charge on any atom is 0.0960 e. The summed E-state index contributed by atoms with van der Waals surface area (Å²) in [7, 11) is 0. The van der Waals surface area contributed by atoms with E-state index in [1.807, 2.05) is 0 Å². The van der Waals surface area contributed by atoms with Crippen LogP contribution < -0.4 is 0 Å². The van der Waals surface area contributed by atoms with Crippen LogP contribution >= 0.6 is 0 Å². The molecule has 1 unspecified atom stereocenters. The molecule has 0 saturated heterocycles. The molecule has 5 N–H and O–H groups in total. The van der Waals surface area contributed by atoms with Gasteiger partial charge in [-0.2, -0.15) is 0 Å². The molecule has 19 heavy (non-hydrogen) atoms. The first-order valence-corrected chi connectivity index (χ1v) is 6.48. The Kier molecular flexibility index (Phi) is 4.62. The molecule has 0 aliphatic carbocycles. The first-order chi connectivity index (χ1) is 7.90. The standard InChI is InChI=1S/C14H30O5/c1-10(2,16)9(15)14(11(3,4)17,12(5,6)18)13(7,8)19/h9,15-19H,1-8H3. The summed E-state index contributed by atoms with van der Waals surface area (Å²) in [5.41, 5.74) is -8.33. The number of hydrogen-bond acceptors (Lipinski definition) is 5.